The van der Waals surface area contributed by atoms with E-state index < -0.39 is 21.7 Å². The molecule has 156 valence electrons. The molecule has 0 radical (unpaired) electrons. The number of anilines is 1. The van der Waals surface area contributed by atoms with E-state index in [1.54, 1.807) is 12.1 Å². The third-order valence-electron chi connectivity index (χ3n) is 5.14. The molecule has 3 aromatic rings. The van der Waals surface area contributed by atoms with Crippen molar-refractivity contribution in [3.8, 4) is 5.75 Å². The molecule has 0 unspecified atom stereocenters. The van der Waals surface area contributed by atoms with Crippen molar-refractivity contribution >= 4 is 44.1 Å². The average Bonchev–Trinajstić information content (AvgIpc) is 3.00. The van der Waals surface area contributed by atoms with Gasteiger partial charge in [0.2, 0.25) is 10.0 Å². The number of carbonyl (C=O) groups is 1. The summed E-state index contributed by atoms with van der Waals surface area (Å²) in [5, 5.41) is 11.5. The first-order valence-corrected chi connectivity index (χ1v) is 11.1. The number of hydrogen-bond acceptors (Lipinski definition) is 5. The number of carbonyl (C=O) groups excluding carboxylic acids is 1. The maximum Gasteiger partial charge on any atom is 0.258 e. The van der Waals surface area contributed by atoms with Gasteiger partial charge in [0.25, 0.3) is 5.91 Å². The summed E-state index contributed by atoms with van der Waals surface area (Å²) in [6.07, 6.45) is 2.49. The first-order chi connectivity index (χ1) is 14.1. The Morgan fingerprint density at radius 1 is 1.33 bits per heavy atom. The van der Waals surface area contributed by atoms with Crippen LogP contribution in [-0.4, -0.2) is 42.6 Å². The molecule has 1 amide bonds. The third-order valence-corrected chi connectivity index (χ3v) is 6.56. The van der Waals surface area contributed by atoms with Crippen LogP contribution in [-0.2, 0) is 23.1 Å². The Morgan fingerprint density at radius 2 is 2.07 bits per heavy atom. The van der Waals surface area contributed by atoms with Gasteiger partial charge < -0.3 is 10.0 Å². The minimum atomic E-state index is -3.67. The molecule has 7 nitrogen and oxygen atoms in total. The number of pyridine rings is 1. The zero-order valence-electron chi connectivity index (χ0n) is 16.1. The van der Waals surface area contributed by atoms with Crippen LogP contribution in [0.25, 0.3) is 10.9 Å². The maximum atomic E-state index is 14.2. The predicted octanol–water partition coefficient (Wildman–Crippen LogP) is 3.28. The van der Waals surface area contributed by atoms with Crippen molar-refractivity contribution in [2.24, 2.45) is 0 Å². The highest BCUT2D eigenvalue weighted by atomic mass is 35.5. The standard InChI is InChI=1S/C20H17ClFN3O4S/c1-24(30(2,28)29)18-13-4-3-7-23-17(13)19(26)16-14(18)10-25(20(16)27)9-11-8-12(21)5-6-15(11)22/h3-8,26H,9-10H2,1-2H3. The largest absolute Gasteiger partial charge is 0.505 e. The molecule has 1 aliphatic heterocycles. The molecule has 10 heteroatoms. The number of halogens is 2. The number of phenols is 1. The van der Waals surface area contributed by atoms with Crippen LogP contribution in [0.3, 0.4) is 0 Å². The number of benzene rings is 2. The van der Waals surface area contributed by atoms with Gasteiger partial charge in [0, 0.05) is 47.9 Å². The van der Waals surface area contributed by atoms with Crippen LogP contribution in [0.2, 0.25) is 5.02 Å². The quantitative estimate of drug-likeness (QED) is 0.660. The minimum Gasteiger partial charge on any atom is -0.505 e. The fourth-order valence-electron chi connectivity index (χ4n) is 3.66. The van der Waals surface area contributed by atoms with Crippen LogP contribution in [0.5, 0.6) is 5.75 Å². The summed E-state index contributed by atoms with van der Waals surface area (Å²) in [5.74, 6) is -1.39. The Labute approximate surface area is 177 Å². The van der Waals surface area contributed by atoms with Gasteiger partial charge >= 0.3 is 0 Å². The Hall–Kier alpha value is -2.91. The predicted molar refractivity (Wildman–Crippen MR) is 112 cm³/mol. The number of fused-ring (bicyclic) bond motifs is 2. The topological polar surface area (TPSA) is 90.8 Å². The molecule has 1 aromatic heterocycles. The molecule has 0 aliphatic carbocycles. The van der Waals surface area contributed by atoms with E-state index in [1.807, 2.05) is 0 Å². The molecule has 30 heavy (non-hydrogen) atoms. The van der Waals surface area contributed by atoms with Gasteiger partial charge in [-0.05, 0) is 30.3 Å². The van der Waals surface area contributed by atoms with Crippen LogP contribution in [0, 0.1) is 5.82 Å². The maximum absolute atomic E-state index is 14.2. The van der Waals surface area contributed by atoms with E-state index in [9.17, 15) is 22.7 Å². The van der Waals surface area contributed by atoms with E-state index in [4.69, 9.17) is 11.6 Å². The molecule has 0 spiro atoms. The highest BCUT2D eigenvalue weighted by Gasteiger charge is 2.37. The Morgan fingerprint density at radius 3 is 2.77 bits per heavy atom. The Kier molecular flexibility index (Phi) is 4.82. The number of aromatic nitrogens is 1. The number of rotatable bonds is 4. The van der Waals surface area contributed by atoms with Gasteiger partial charge in [-0.25, -0.2) is 12.8 Å². The molecule has 1 aliphatic rings. The van der Waals surface area contributed by atoms with Crippen LogP contribution in [0.4, 0.5) is 10.1 Å². The van der Waals surface area contributed by atoms with E-state index in [0.717, 1.165) is 10.6 Å². The Bertz CT molecular complexity index is 1310. The molecule has 4 rings (SSSR count). The number of amides is 1. The van der Waals surface area contributed by atoms with Crippen molar-refractivity contribution in [2.75, 3.05) is 17.6 Å². The summed E-state index contributed by atoms with van der Waals surface area (Å²) in [7, 11) is -2.30. The second-order valence-electron chi connectivity index (χ2n) is 7.08. The van der Waals surface area contributed by atoms with Gasteiger partial charge in [-0.15, -0.1) is 0 Å². The second kappa shape index (κ2) is 7.10. The van der Waals surface area contributed by atoms with E-state index >= 15 is 0 Å². The first-order valence-electron chi connectivity index (χ1n) is 8.89. The lowest BCUT2D eigenvalue weighted by atomic mass is 10.0. The lowest BCUT2D eigenvalue weighted by molar-refractivity contribution is 0.0763. The smallest absolute Gasteiger partial charge is 0.258 e. The van der Waals surface area contributed by atoms with E-state index in [-0.39, 0.29) is 41.2 Å². The van der Waals surface area contributed by atoms with Gasteiger partial charge in [-0.3, -0.25) is 14.1 Å². The number of aromatic hydroxyl groups is 1. The number of sulfonamides is 1. The van der Waals surface area contributed by atoms with Crippen LogP contribution >= 0.6 is 11.6 Å². The number of hydrogen-bond donors (Lipinski definition) is 1. The van der Waals surface area contributed by atoms with Crippen LogP contribution in [0.1, 0.15) is 21.5 Å². The van der Waals surface area contributed by atoms with Crippen molar-refractivity contribution in [1.29, 1.82) is 0 Å². The summed E-state index contributed by atoms with van der Waals surface area (Å²) >= 11 is 5.95. The van der Waals surface area contributed by atoms with Crippen LogP contribution in [0.15, 0.2) is 36.5 Å². The zero-order chi connectivity index (χ0) is 21.8. The summed E-state index contributed by atoms with van der Waals surface area (Å²) in [6, 6.07) is 7.29. The van der Waals surface area contributed by atoms with Crippen LogP contribution < -0.4 is 4.31 Å². The molecule has 0 atom stereocenters. The first kappa shape index (κ1) is 20.4. The van der Waals surface area contributed by atoms with Crippen molar-refractivity contribution in [3.05, 3.63) is 64.1 Å². The normalized spacial score (nSPS) is 13.7. The summed E-state index contributed by atoms with van der Waals surface area (Å²) in [5.41, 5.74) is 0.896. The lowest BCUT2D eigenvalue weighted by Gasteiger charge is -2.22. The summed E-state index contributed by atoms with van der Waals surface area (Å²) in [4.78, 5) is 18.6. The number of nitrogens with zero attached hydrogens (tertiary/aromatic N) is 3. The molecule has 0 saturated carbocycles. The SMILES string of the molecule is CN(c1c2c(c(O)c3ncccc13)C(=O)N(Cc1cc(Cl)ccc1F)C2)S(C)(=O)=O. The second-order valence-corrected chi connectivity index (χ2v) is 9.53. The fraction of sp³-hybridized carbons (Fsp3) is 0.200. The molecule has 0 fully saturated rings. The fourth-order valence-corrected chi connectivity index (χ4v) is 4.39. The molecule has 1 N–H and O–H groups in total. The lowest BCUT2D eigenvalue weighted by Crippen LogP contribution is -2.26. The van der Waals surface area contributed by atoms with E-state index in [1.165, 1.54) is 36.3 Å². The summed E-state index contributed by atoms with van der Waals surface area (Å²) < 4.78 is 39.8. The van der Waals surface area contributed by atoms with Crippen molar-refractivity contribution in [3.63, 3.8) is 0 Å². The molecule has 0 bridgehead atoms. The number of phenolic OH excluding ortho intramolecular Hbond substituents is 1. The van der Waals surface area contributed by atoms with Gasteiger partial charge in [-0.2, -0.15) is 0 Å². The molecule has 0 saturated heterocycles. The minimum absolute atomic E-state index is 0.00624. The van der Waals surface area contributed by atoms with Crippen molar-refractivity contribution < 1.29 is 22.7 Å². The van der Waals surface area contributed by atoms with E-state index in [0.29, 0.717) is 16.0 Å². The zero-order valence-corrected chi connectivity index (χ0v) is 17.6. The molecule has 2 aromatic carbocycles. The van der Waals surface area contributed by atoms with Gasteiger partial charge in [-0.1, -0.05) is 11.6 Å². The highest BCUT2D eigenvalue weighted by Crippen LogP contribution is 2.44. The van der Waals surface area contributed by atoms with E-state index in [2.05, 4.69) is 4.98 Å². The third kappa shape index (κ3) is 3.23. The molecular weight excluding hydrogens is 433 g/mol. The average molecular weight is 450 g/mol. The van der Waals surface area contributed by atoms with Gasteiger partial charge in [0.05, 0.1) is 17.5 Å². The molecular formula is C20H17ClFN3O4S. The van der Waals surface area contributed by atoms with Gasteiger partial charge in [0.1, 0.15) is 11.3 Å². The van der Waals surface area contributed by atoms with Crippen molar-refractivity contribution in [2.45, 2.75) is 13.1 Å². The van der Waals surface area contributed by atoms with Gasteiger partial charge in [0.15, 0.2) is 5.75 Å². The Balaban J connectivity index is 1.90. The highest BCUT2D eigenvalue weighted by molar-refractivity contribution is 7.92. The van der Waals surface area contributed by atoms with Crippen molar-refractivity contribution in [1.82, 2.24) is 9.88 Å². The molecule has 2 heterocycles. The monoisotopic (exact) mass is 449 g/mol. The summed E-state index contributed by atoms with van der Waals surface area (Å²) in [6.45, 7) is -0.0984.